The van der Waals surface area contributed by atoms with Crippen LogP contribution in [0.25, 0.3) is 0 Å². The number of anilines is 1. The Bertz CT molecular complexity index is 659. The van der Waals surface area contributed by atoms with Crippen molar-refractivity contribution in [3.05, 3.63) is 54.0 Å². The highest BCUT2D eigenvalue weighted by atomic mass is 16.1. The average molecular weight is 296 g/mol. The summed E-state index contributed by atoms with van der Waals surface area (Å²) in [6, 6.07) is 9.07. The molecule has 0 bridgehead atoms. The van der Waals surface area contributed by atoms with Crippen LogP contribution >= 0.6 is 0 Å². The van der Waals surface area contributed by atoms with Gasteiger partial charge in [-0.25, -0.2) is 4.98 Å². The van der Waals surface area contributed by atoms with Gasteiger partial charge in [-0.15, -0.1) is 0 Å². The van der Waals surface area contributed by atoms with Crippen LogP contribution in [0.4, 0.5) is 5.82 Å². The van der Waals surface area contributed by atoms with Crippen molar-refractivity contribution < 1.29 is 4.79 Å². The number of nitrogens with two attached hydrogens (primary N) is 1. The number of carbonyl (C=O) groups excluding carboxylic acids is 1. The van der Waals surface area contributed by atoms with Gasteiger partial charge < -0.3 is 10.6 Å². The fraction of sp³-hybridized carbons (Fsp3) is 0.353. The van der Waals surface area contributed by atoms with Gasteiger partial charge in [-0.05, 0) is 44.0 Å². The Kier molecular flexibility index (Phi) is 3.90. The smallest absolute Gasteiger partial charge is 0.212 e. The zero-order chi connectivity index (χ0) is 15.6. The number of piperidine rings is 1. The molecule has 5 heteroatoms. The van der Waals surface area contributed by atoms with Crippen LogP contribution in [0.2, 0.25) is 0 Å². The zero-order valence-corrected chi connectivity index (χ0v) is 12.7. The summed E-state index contributed by atoms with van der Waals surface area (Å²) >= 11 is 0. The van der Waals surface area contributed by atoms with Gasteiger partial charge >= 0.3 is 0 Å². The van der Waals surface area contributed by atoms with E-state index in [1.807, 2.05) is 12.1 Å². The van der Waals surface area contributed by atoms with Crippen molar-refractivity contribution in [3.8, 4) is 0 Å². The second-order valence-electron chi connectivity index (χ2n) is 6.09. The molecule has 2 N–H and O–H groups in total. The largest absolute Gasteiger partial charge is 0.356 e. The quantitative estimate of drug-likeness (QED) is 0.877. The molecule has 0 aromatic carbocycles. The number of aromatic nitrogens is 2. The molecule has 0 spiro atoms. The molecule has 2 aromatic heterocycles. The molecule has 5 nitrogen and oxygen atoms in total. The van der Waals surface area contributed by atoms with Gasteiger partial charge in [0, 0.05) is 36.6 Å². The molecule has 0 aliphatic carbocycles. The third-order valence-electron chi connectivity index (χ3n) is 4.12. The number of pyridine rings is 2. The molecule has 0 saturated carbocycles. The van der Waals surface area contributed by atoms with Crippen molar-refractivity contribution in [2.24, 2.45) is 5.73 Å². The predicted molar refractivity (Wildman–Crippen MR) is 85.9 cm³/mol. The van der Waals surface area contributed by atoms with Crippen molar-refractivity contribution in [2.45, 2.75) is 25.3 Å². The van der Waals surface area contributed by atoms with Gasteiger partial charge in [0.2, 0.25) is 5.78 Å². The van der Waals surface area contributed by atoms with Crippen LogP contribution < -0.4 is 10.6 Å². The SMILES string of the molecule is CC1(N)CCN(c2cccc(C(=O)c3cccnc3)n2)CC1. The Balaban J connectivity index is 1.80. The third-order valence-corrected chi connectivity index (χ3v) is 4.12. The lowest BCUT2D eigenvalue weighted by atomic mass is 9.91. The Morgan fingerprint density at radius 1 is 1.23 bits per heavy atom. The standard InChI is InChI=1S/C17H20N4O/c1-17(18)7-10-21(11-8-17)15-6-2-5-14(20-15)16(22)13-4-3-9-19-12-13/h2-6,9,12H,7-8,10-11,18H2,1H3. The second kappa shape index (κ2) is 5.85. The highest BCUT2D eigenvalue weighted by Crippen LogP contribution is 2.23. The molecular weight excluding hydrogens is 276 g/mol. The predicted octanol–water partition coefficient (Wildman–Crippen LogP) is 2.03. The molecule has 114 valence electrons. The van der Waals surface area contributed by atoms with Crippen molar-refractivity contribution >= 4 is 11.6 Å². The number of hydrogen-bond donors (Lipinski definition) is 1. The van der Waals surface area contributed by atoms with Gasteiger partial charge in [-0.2, -0.15) is 0 Å². The summed E-state index contributed by atoms with van der Waals surface area (Å²) in [5.41, 5.74) is 7.07. The van der Waals surface area contributed by atoms with E-state index in [-0.39, 0.29) is 11.3 Å². The summed E-state index contributed by atoms with van der Waals surface area (Å²) < 4.78 is 0. The van der Waals surface area contributed by atoms with Crippen LogP contribution in [0.3, 0.4) is 0 Å². The monoisotopic (exact) mass is 296 g/mol. The fourth-order valence-corrected chi connectivity index (χ4v) is 2.62. The van der Waals surface area contributed by atoms with Crippen LogP contribution in [0.1, 0.15) is 35.8 Å². The second-order valence-corrected chi connectivity index (χ2v) is 6.09. The van der Waals surface area contributed by atoms with Crippen LogP contribution in [0.15, 0.2) is 42.7 Å². The number of carbonyl (C=O) groups is 1. The molecule has 3 heterocycles. The maximum Gasteiger partial charge on any atom is 0.212 e. The van der Waals surface area contributed by atoms with E-state index < -0.39 is 0 Å². The molecular formula is C17H20N4O. The van der Waals surface area contributed by atoms with E-state index in [0.717, 1.165) is 31.7 Å². The topological polar surface area (TPSA) is 72.1 Å². The van der Waals surface area contributed by atoms with E-state index in [2.05, 4.69) is 21.8 Å². The first-order chi connectivity index (χ1) is 10.6. The summed E-state index contributed by atoms with van der Waals surface area (Å²) in [6.07, 6.45) is 5.07. The van der Waals surface area contributed by atoms with E-state index >= 15 is 0 Å². The molecule has 1 fully saturated rings. The molecule has 3 rings (SSSR count). The lowest BCUT2D eigenvalue weighted by Gasteiger charge is -2.37. The van der Waals surface area contributed by atoms with Crippen LogP contribution in [0, 0.1) is 0 Å². The van der Waals surface area contributed by atoms with Gasteiger partial charge in [0.25, 0.3) is 0 Å². The van der Waals surface area contributed by atoms with Crippen LogP contribution in [-0.4, -0.2) is 34.4 Å². The van der Waals surface area contributed by atoms with E-state index in [0.29, 0.717) is 11.3 Å². The molecule has 1 saturated heterocycles. The first-order valence-corrected chi connectivity index (χ1v) is 7.51. The minimum absolute atomic E-state index is 0.0976. The fourth-order valence-electron chi connectivity index (χ4n) is 2.62. The summed E-state index contributed by atoms with van der Waals surface area (Å²) in [5, 5.41) is 0. The summed E-state index contributed by atoms with van der Waals surface area (Å²) in [7, 11) is 0. The zero-order valence-electron chi connectivity index (χ0n) is 12.7. The van der Waals surface area contributed by atoms with E-state index in [1.54, 1.807) is 30.6 Å². The maximum atomic E-state index is 12.4. The summed E-state index contributed by atoms with van der Waals surface area (Å²) in [4.78, 5) is 23.1. The lowest BCUT2D eigenvalue weighted by molar-refractivity contribution is 0.103. The van der Waals surface area contributed by atoms with Crippen molar-refractivity contribution in [1.29, 1.82) is 0 Å². The number of nitrogens with zero attached hydrogens (tertiary/aromatic N) is 3. The molecule has 0 amide bonds. The number of rotatable bonds is 3. The van der Waals surface area contributed by atoms with Gasteiger partial charge in [0.15, 0.2) is 0 Å². The molecule has 0 atom stereocenters. The van der Waals surface area contributed by atoms with E-state index in [9.17, 15) is 4.79 Å². The normalized spacial score (nSPS) is 17.3. The highest BCUT2D eigenvalue weighted by Gasteiger charge is 2.26. The first kappa shape index (κ1) is 14.7. The molecule has 1 aliphatic heterocycles. The number of ketones is 1. The third kappa shape index (κ3) is 3.14. The van der Waals surface area contributed by atoms with Gasteiger partial charge in [-0.3, -0.25) is 9.78 Å². The minimum atomic E-state index is -0.101. The Hall–Kier alpha value is -2.27. The van der Waals surface area contributed by atoms with Crippen LogP contribution in [0.5, 0.6) is 0 Å². The molecule has 22 heavy (non-hydrogen) atoms. The molecule has 0 radical (unpaired) electrons. The maximum absolute atomic E-state index is 12.4. The van der Waals surface area contributed by atoms with Crippen molar-refractivity contribution in [3.63, 3.8) is 0 Å². The van der Waals surface area contributed by atoms with Gasteiger partial charge in [0.1, 0.15) is 11.5 Å². The lowest BCUT2D eigenvalue weighted by Crippen LogP contribution is -2.48. The highest BCUT2D eigenvalue weighted by molar-refractivity contribution is 6.07. The Morgan fingerprint density at radius 2 is 2.00 bits per heavy atom. The average Bonchev–Trinajstić information content (AvgIpc) is 2.55. The summed E-state index contributed by atoms with van der Waals surface area (Å²) in [5.74, 6) is 0.737. The van der Waals surface area contributed by atoms with Gasteiger partial charge in [0.05, 0.1) is 0 Å². The number of hydrogen-bond acceptors (Lipinski definition) is 5. The Labute approximate surface area is 130 Å². The van der Waals surface area contributed by atoms with Crippen molar-refractivity contribution in [2.75, 3.05) is 18.0 Å². The van der Waals surface area contributed by atoms with Crippen LogP contribution in [-0.2, 0) is 0 Å². The Morgan fingerprint density at radius 3 is 2.68 bits per heavy atom. The van der Waals surface area contributed by atoms with E-state index in [1.165, 1.54) is 0 Å². The molecule has 0 unspecified atom stereocenters. The van der Waals surface area contributed by atoms with Gasteiger partial charge in [-0.1, -0.05) is 6.07 Å². The molecule has 1 aliphatic rings. The first-order valence-electron chi connectivity index (χ1n) is 7.51. The van der Waals surface area contributed by atoms with Crippen molar-refractivity contribution in [1.82, 2.24) is 9.97 Å². The summed E-state index contributed by atoms with van der Waals surface area (Å²) in [6.45, 7) is 3.81. The minimum Gasteiger partial charge on any atom is -0.356 e. The van der Waals surface area contributed by atoms with E-state index in [4.69, 9.17) is 5.73 Å². The molecule has 2 aromatic rings.